The first-order valence-electron chi connectivity index (χ1n) is 11.3. The Bertz CT molecular complexity index is 1200. The molecule has 3 aromatic rings. The first kappa shape index (κ1) is 23.6. The average molecular weight is 444 g/mol. The zero-order chi connectivity index (χ0) is 23.4. The highest BCUT2D eigenvalue weighted by atomic mass is 16.3. The number of aryl methyl sites for hydroxylation is 3. The van der Waals surface area contributed by atoms with Crippen LogP contribution in [0.2, 0.25) is 0 Å². The van der Waals surface area contributed by atoms with Crippen LogP contribution in [-0.4, -0.2) is 25.0 Å². The number of nitrogens with one attached hydrogen (secondary N) is 2. The maximum Gasteiger partial charge on any atom is 0.330 e. The highest BCUT2D eigenvalue weighted by molar-refractivity contribution is 5.77. The molecule has 0 fully saturated rings. The van der Waals surface area contributed by atoms with Gasteiger partial charge in [-0.05, 0) is 38.3 Å². The lowest BCUT2D eigenvalue weighted by Gasteiger charge is -2.13. The van der Waals surface area contributed by atoms with Gasteiger partial charge in [0.05, 0.1) is 6.04 Å². The highest BCUT2D eigenvalue weighted by Gasteiger charge is 2.20. The van der Waals surface area contributed by atoms with Crippen molar-refractivity contribution in [1.82, 2.24) is 24.4 Å². The summed E-state index contributed by atoms with van der Waals surface area (Å²) in [6.07, 6.45) is 2.29. The second-order valence-electron chi connectivity index (χ2n) is 8.71. The summed E-state index contributed by atoms with van der Waals surface area (Å²) in [7, 11) is 0. The van der Waals surface area contributed by atoms with Crippen molar-refractivity contribution in [2.75, 3.05) is 0 Å². The molecule has 174 valence electrons. The second kappa shape index (κ2) is 10.0. The van der Waals surface area contributed by atoms with Gasteiger partial charge in [0.1, 0.15) is 17.3 Å². The summed E-state index contributed by atoms with van der Waals surface area (Å²) >= 11 is 0. The number of carbonyl (C=O) groups excluding carboxylic acids is 1. The molecular weight excluding hydrogens is 410 g/mol. The Labute approximate surface area is 186 Å². The van der Waals surface area contributed by atoms with Crippen molar-refractivity contribution in [2.45, 2.75) is 79.4 Å². The number of aromatic nitrogens is 4. The third-order valence-corrected chi connectivity index (χ3v) is 5.39. The Morgan fingerprint density at radius 3 is 2.59 bits per heavy atom. The molecule has 9 nitrogen and oxygen atoms in total. The number of fused-ring (bicyclic) bond motifs is 1. The number of nitrogens with zero attached hydrogens (tertiary/aromatic N) is 3. The Balaban J connectivity index is 1.87. The van der Waals surface area contributed by atoms with Gasteiger partial charge in [-0.1, -0.05) is 27.2 Å². The van der Waals surface area contributed by atoms with Crippen LogP contribution in [0.3, 0.4) is 0 Å². The lowest BCUT2D eigenvalue weighted by molar-refractivity contribution is -0.121. The number of amides is 1. The summed E-state index contributed by atoms with van der Waals surface area (Å²) in [6.45, 7) is 10.9. The van der Waals surface area contributed by atoms with Crippen molar-refractivity contribution in [3.8, 4) is 0 Å². The Morgan fingerprint density at radius 2 is 1.97 bits per heavy atom. The van der Waals surface area contributed by atoms with Crippen LogP contribution in [0.15, 0.2) is 26.1 Å². The van der Waals surface area contributed by atoms with E-state index in [-0.39, 0.29) is 24.3 Å². The van der Waals surface area contributed by atoms with Crippen LogP contribution in [0.25, 0.3) is 11.2 Å². The molecule has 0 aliphatic heterocycles. The molecule has 2 N–H and O–H groups in total. The van der Waals surface area contributed by atoms with Gasteiger partial charge < -0.3 is 14.3 Å². The van der Waals surface area contributed by atoms with Crippen molar-refractivity contribution >= 4 is 17.1 Å². The quantitative estimate of drug-likeness (QED) is 0.500. The van der Waals surface area contributed by atoms with Gasteiger partial charge in [-0.25, -0.2) is 9.78 Å². The number of furan rings is 1. The van der Waals surface area contributed by atoms with E-state index in [4.69, 9.17) is 4.42 Å². The van der Waals surface area contributed by atoms with E-state index >= 15 is 0 Å². The third kappa shape index (κ3) is 5.20. The summed E-state index contributed by atoms with van der Waals surface area (Å²) in [5, 5.41) is 2.94. The molecule has 0 radical (unpaired) electrons. The van der Waals surface area contributed by atoms with Crippen molar-refractivity contribution in [3.05, 3.63) is 50.3 Å². The number of imidazole rings is 1. The minimum Gasteiger partial charge on any atom is -0.464 e. The van der Waals surface area contributed by atoms with Crippen LogP contribution < -0.4 is 16.6 Å². The van der Waals surface area contributed by atoms with Crippen molar-refractivity contribution in [3.63, 3.8) is 0 Å². The molecule has 1 atom stereocenters. The predicted octanol–water partition coefficient (Wildman–Crippen LogP) is 3.05. The second-order valence-corrected chi connectivity index (χ2v) is 8.71. The zero-order valence-electron chi connectivity index (χ0n) is 19.5. The van der Waals surface area contributed by atoms with Crippen molar-refractivity contribution in [1.29, 1.82) is 0 Å². The van der Waals surface area contributed by atoms with E-state index in [9.17, 15) is 14.4 Å². The summed E-state index contributed by atoms with van der Waals surface area (Å²) in [5.41, 5.74) is -0.104. The van der Waals surface area contributed by atoms with Gasteiger partial charge in [0.15, 0.2) is 11.2 Å². The fourth-order valence-electron chi connectivity index (χ4n) is 3.79. The van der Waals surface area contributed by atoms with Gasteiger partial charge in [0.25, 0.3) is 5.56 Å². The first-order chi connectivity index (χ1) is 15.2. The predicted molar refractivity (Wildman–Crippen MR) is 123 cm³/mol. The number of hydrogen-bond donors (Lipinski definition) is 2. The normalized spacial score (nSPS) is 12.6. The molecule has 3 heterocycles. The van der Waals surface area contributed by atoms with E-state index in [2.05, 4.69) is 29.1 Å². The third-order valence-electron chi connectivity index (χ3n) is 5.39. The maximum absolute atomic E-state index is 12.7. The molecule has 3 rings (SSSR count). The number of carbonyl (C=O) groups is 1. The minimum absolute atomic E-state index is 0.132. The van der Waals surface area contributed by atoms with Crippen LogP contribution in [0.4, 0.5) is 0 Å². The van der Waals surface area contributed by atoms with Gasteiger partial charge >= 0.3 is 5.69 Å². The van der Waals surface area contributed by atoms with Crippen molar-refractivity contribution < 1.29 is 9.21 Å². The number of rotatable bonds is 10. The fourth-order valence-corrected chi connectivity index (χ4v) is 3.79. The van der Waals surface area contributed by atoms with Gasteiger partial charge in [-0.3, -0.25) is 19.1 Å². The lowest BCUT2D eigenvalue weighted by Crippen LogP contribution is -2.31. The average Bonchev–Trinajstić information content (AvgIpc) is 3.30. The summed E-state index contributed by atoms with van der Waals surface area (Å²) in [6, 6.07) is 3.47. The van der Waals surface area contributed by atoms with Crippen molar-refractivity contribution in [2.24, 2.45) is 5.92 Å². The molecule has 0 saturated heterocycles. The Hall–Kier alpha value is -3.10. The SMILES string of the molecule is CCCCn1c(=O)[nH]c(=O)c2c1nc(CCC(=O)NC(C)c1ccc(C)o1)n2CC(C)C. The number of unbranched alkanes of at least 4 members (excludes halogenated alkanes) is 1. The van der Waals surface area contributed by atoms with E-state index in [1.807, 2.05) is 37.5 Å². The molecule has 0 aromatic carbocycles. The number of H-pyrrole nitrogens is 1. The van der Waals surface area contributed by atoms with E-state index in [0.717, 1.165) is 18.6 Å². The molecule has 0 spiro atoms. The molecule has 0 bridgehead atoms. The molecule has 32 heavy (non-hydrogen) atoms. The Morgan fingerprint density at radius 1 is 1.22 bits per heavy atom. The summed E-state index contributed by atoms with van der Waals surface area (Å²) < 4.78 is 8.96. The maximum atomic E-state index is 12.7. The van der Waals surface area contributed by atoms with Gasteiger partial charge in [-0.15, -0.1) is 0 Å². The van der Waals surface area contributed by atoms with Gasteiger partial charge in [-0.2, -0.15) is 0 Å². The van der Waals surface area contributed by atoms with Crippen LogP contribution in [0.1, 0.15) is 70.3 Å². The Kier molecular flexibility index (Phi) is 7.37. The first-order valence-corrected chi connectivity index (χ1v) is 11.3. The number of aromatic amines is 1. The molecule has 9 heteroatoms. The molecule has 1 amide bonds. The largest absolute Gasteiger partial charge is 0.464 e. The molecule has 0 aliphatic carbocycles. The fraction of sp³-hybridized carbons (Fsp3) is 0.565. The molecule has 0 aliphatic rings. The van der Waals surface area contributed by atoms with Crippen LogP contribution in [-0.2, 0) is 24.3 Å². The van der Waals surface area contributed by atoms with Crippen LogP contribution in [0, 0.1) is 12.8 Å². The van der Waals surface area contributed by atoms with Gasteiger partial charge in [0.2, 0.25) is 5.91 Å². The molecule has 1 unspecified atom stereocenters. The minimum atomic E-state index is -0.447. The smallest absolute Gasteiger partial charge is 0.330 e. The highest BCUT2D eigenvalue weighted by Crippen LogP contribution is 2.18. The molecule has 0 saturated carbocycles. The topological polar surface area (TPSA) is 115 Å². The zero-order valence-corrected chi connectivity index (χ0v) is 19.5. The summed E-state index contributed by atoms with van der Waals surface area (Å²) in [4.78, 5) is 44.7. The summed E-state index contributed by atoms with van der Waals surface area (Å²) in [5.74, 6) is 2.26. The van der Waals surface area contributed by atoms with Crippen LogP contribution >= 0.6 is 0 Å². The van der Waals surface area contributed by atoms with Gasteiger partial charge in [0, 0.05) is 25.9 Å². The number of hydrogen-bond acceptors (Lipinski definition) is 5. The van der Waals surface area contributed by atoms with Crippen LogP contribution in [0.5, 0.6) is 0 Å². The van der Waals surface area contributed by atoms with E-state index in [0.29, 0.717) is 42.3 Å². The lowest BCUT2D eigenvalue weighted by atomic mass is 10.2. The van der Waals surface area contributed by atoms with E-state index in [1.165, 1.54) is 4.57 Å². The monoisotopic (exact) mass is 443 g/mol. The van der Waals surface area contributed by atoms with E-state index in [1.54, 1.807) is 0 Å². The molecular formula is C23H33N5O4. The standard InChI is InChI=1S/C23H33N5O4/c1-6-7-12-27-21-20(22(30)26-23(27)31)28(13-14(2)3)18(25-21)10-11-19(29)24-16(5)17-9-8-15(4)32-17/h8-9,14,16H,6-7,10-13H2,1-5H3,(H,24,29)(H,26,30,31). The molecule has 3 aromatic heterocycles. The van der Waals surface area contributed by atoms with E-state index < -0.39 is 11.2 Å².